The number of hydrogen-bond donors (Lipinski definition) is 0. The number of para-hydroxylation sites is 1. The van der Waals surface area contributed by atoms with Gasteiger partial charge in [0.05, 0.1) is 12.9 Å². The van der Waals surface area contributed by atoms with Gasteiger partial charge in [-0.05, 0) is 43.5 Å². The van der Waals surface area contributed by atoms with Gasteiger partial charge in [0.15, 0.2) is 9.84 Å². The first-order chi connectivity index (χ1) is 14.4. The fourth-order valence-electron chi connectivity index (χ4n) is 4.46. The van der Waals surface area contributed by atoms with E-state index in [0.717, 1.165) is 24.2 Å². The first-order valence-electron chi connectivity index (χ1n) is 10.2. The summed E-state index contributed by atoms with van der Waals surface area (Å²) < 4.78 is 30.6. The van der Waals surface area contributed by atoms with Gasteiger partial charge in [-0.1, -0.05) is 18.2 Å². The zero-order valence-corrected chi connectivity index (χ0v) is 18.1. The molecule has 2 fully saturated rings. The highest BCUT2D eigenvalue weighted by Crippen LogP contribution is 2.34. The number of carbonyl (C=O) groups excluding carboxylic acids is 1. The normalized spacial score (nSPS) is 21.0. The SMILES string of the molecule is COc1ccccc1S(=O)(=O)CCC(=O)N1CC2CCC(C1)N2c1ccc(C)cn1. The van der Waals surface area contributed by atoms with E-state index < -0.39 is 9.84 Å². The Kier molecular flexibility index (Phi) is 5.69. The molecule has 7 nitrogen and oxygen atoms in total. The molecule has 1 aromatic carbocycles. The molecule has 0 saturated carbocycles. The number of anilines is 1. The summed E-state index contributed by atoms with van der Waals surface area (Å²) in [5.41, 5.74) is 1.12. The number of nitrogens with zero attached hydrogens (tertiary/aromatic N) is 3. The molecule has 0 spiro atoms. The molecule has 2 bridgehead atoms. The zero-order valence-electron chi connectivity index (χ0n) is 17.3. The minimum Gasteiger partial charge on any atom is -0.495 e. The van der Waals surface area contributed by atoms with Crippen LogP contribution >= 0.6 is 0 Å². The van der Waals surface area contributed by atoms with Crippen molar-refractivity contribution in [3.63, 3.8) is 0 Å². The Morgan fingerprint density at radius 3 is 2.47 bits per heavy atom. The standard InChI is InChI=1S/C22H27N3O4S/c1-16-7-10-21(23-13-16)25-17-8-9-18(25)15-24(14-17)22(26)11-12-30(27,28)20-6-4-3-5-19(20)29-2/h3-7,10,13,17-18H,8-9,11-12,14-15H2,1-2H3. The van der Waals surface area contributed by atoms with Gasteiger partial charge in [-0.15, -0.1) is 0 Å². The number of pyridine rings is 1. The lowest BCUT2D eigenvalue weighted by atomic mass is 10.1. The number of benzene rings is 1. The van der Waals surface area contributed by atoms with Crippen molar-refractivity contribution in [1.82, 2.24) is 9.88 Å². The third-order valence-electron chi connectivity index (χ3n) is 5.98. The first-order valence-corrected chi connectivity index (χ1v) is 11.9. The summed E-state index contributed by atoms with van der Waals surface area (Å²) in [5.74, 6) is 0.935. The molecule has 0 radical (unpaired) electrons. The summed E-state index contributed by atoms with van der Waals surface area (Å²) in [6.07, 6.45) is 3.88. The van der Waals surface area contributed by atoms with E-state index in [0.29, 0.717) is 18.8 Å². The highest BCUT2D eigenvalue weighted by molar-refractivity contribution is 7.91. The van der Waals surface area contributed by atoms with Gasteiger partial charge < -0.3 is 14.5 Å². The quantitative estimate of drug-likeness (QED) is 0.702. The molecule has 3 heterocycles. The maximum Gasteiger partial charge on any atom is 0.223 e. The highest BCUT2D eigenvalue weighted by atomic mass is 32.2. The maximum absolute atomic E-state index is 12.8. The predicted molar refractivity (Wildman–Crippen MR) is 115 cm³/mol. The van der Waals surface area contributed by atoms with E-state index in [4.69, 9.17) is 4.74 Å². The monoisotopic (exact) mass is 429 g/mol. The van der Waals surface area contributed by atoms with Gasteiger partial charge in [-0.25, -0.2) is 13.4 Å². The van der Waals surface area contributed by atoms with Crippen LogP contribution in [0.2, 0.25) is 0 Å². The lowest BCUT2D eigenvalue weighted by molar-refractivity contribution is -0.131. The number of carbonyl (C=O) groups is 1. The number of aromatic nitrogens is 1. The second kappa shape index (κ2) is 8.26. The van der Waals surface area contributed by atoms with Crippen molar-refractivity contribution < 1.29 is 17.9 Å². The molecule has 2 saturated heterocycles. The topological polar surface area (TPSA) is 79.8 Å². The van der Waals surface area contributed by atoms with Gasteiger partial charge in [0.25, 0.3) is 0 Å². The number of ether oxygens (including phenoxy) is 1. The molecule has 2 aliphatic rings. The number of rotatable bonds is 6. The molecular weight excluding hydrogens is 402 g/mol. The zero-order chi connectivity index (χ0) is 21.3. The molecule has 0 aliphatic carbocycles. The minimum absolute atomic E-state index is 0.0252. The van der Waals surface area contributed by atoms with E-state index >= 15 is 0 Å². The van der Waals surface area contributed by atoms with Gasteiger partial charge in [-0.2, -0.15) is 0 Å². The number of methoxy groups -OCH3 is 1. The van der Waals surface area contributed by atoms with Crippen LogP contribution in [0.4, 0.5) is 5.82 Å². The lowest BCUT2D eigenvalue weighted by Crippen LogP contribution is -2.55. The van der Waals surface area contributed by atoms with Gasteiger partial charge in [0.1, 0.15) is 16.5 Å². The molecule has 1 amide bonds. The summed E-state index contributed by atoms with van der Waals surface area (Å²) in [6.45, 7) is 3.24. The Balaban J connectivity index is 1.40. The molecule has 0 N–H and O–H groups in total. The Labute approximate surface area is 177 Å². The van der Waals surface area contributed by atoms with Crippen LogP contribution in [-0.2, 0) is 14.6 Å². The number of sulfone groups is 1. The van der Waals surface area contributed by atoms with Gasteiger partial charge in [-0.3, -0.25) is 4.79 Å². The molecule has 2 aromatic rings. The van der Waals surface area contributed by atoms with Crippen molar-refractivity contribution in [3.8, 4) is 5.75 Å². The van der Waals surface area contributed by atoms with Crippen LogP contribution in [0.1, 0.15) is 24.8 Å². The predicted octanol–water partition coefficient (Wildman–Crippen LogP) is 2.44. The molecule has 2 aliphatic heterocycles. The van der Waals surface area contributed by atoms with Crippen LogP contribution in [-0.4, -0.2) is 62.2 Å². The second-order valence-electron chi connectivity index (χ2n) is 8.00. The smallest absolute Gasteiger partial charge is 0.223 e. The first kappa shape index (κ1) is 20.7. The molecule has 4 rings (SSSR count). The van der Waals surface area contributed by atoms with Crippen molar-refractivity contribution >= 4 is 21.6 Å². The van der Waals surface area contributed by atoms with Crippen molar-refractivity contribution in [2.75, 3.05) is 30.9 Å². The van der Waals surface area contributed by atoms with Crippen LogP contribution in [0.15, 0.2) is 47.5 Å². The van der Waals surface area contributed by atoms with Crippen molar-refractivity contribution in [1.29, 1.82) is 0 Å². The van der Waals surface area contributed by atoms with E-state index in [1.807, 2.05) is 24.1 Å². The van der Waals surface area contributed by atoms with Gasteiger partial charge in [0.2, 0.25) is 5.91 Å². The number of amides is 1. The van der Waals surface area contributed by atoms with Crippen LogP contribution in [0.3, 0.4) is 0 Å². The second-order valence-corrected chi connectivity index (χ2v) is 10.1. The summed E-state index contributed by atoms with van der Waals surface area (Å²) in [4.78, 5) is 21.7. The van der Waals surface area contributed by atoms with E-state index in [9.17, 15) is 13.2 Å². The average molecular weight is 430 g/mol. The Morgan fingerprint density at radius 2 is 1.83 bits per heavy atom. The molecular formula is C22H27N3O4S. The van der Waals surface area contributed by atoms with Crippen molar-refractivity contribution in [2.24, 2.45) is 0 Å². The van der Waals surface area contributed by atoms with E-state index in [1.165, 1.54) is 13.2 Å². The lowest BCUT2D eigenvalue weighted by Gasteiger charge is -2.41. The molecule has 30 heavy (non-hydrogen) atoms. The van der Waals surface area contributed by atoms with Gasteiger partial charge in [0, 0.05) is 37.8 Å². The van der Waals surface area contributed by atoms with E-state index in [1.54, 1.807) is 18.2 Å². The average Bonchev–Trinajstić information content (AvgIpc) is 3.01. The molecule has 1 aromatic heterocycles. The summed E-state index contributed by atoms with van der Waals surface area (Å²) in [5, 5.41) is 0. The van der Waals surface area contributed by atoms with Gasteiger partial charge >= 0.3 is 0 Å². The molecule has 2 unspecified atom stereocenters. The summed E-state index contributed by atoms with van der Waals surface area (Å²) in [6, 6.07) is 11.1. The van der Waals surface area contributed by atoms with E-state index in [-0.39, 0.29) is 35.1 Å². The van der Waals surface area contributed by atoms with Crippen LogP contribution in [0, 0.1) is 6.92 Å². The third-order valence-corrected chi connectivity index (χ3v) is 7.73. The fourth-order valence-corrected chi connectivity index (χ4v) is 5.87. The number of aryl methyl sites for hydroxylation is 1. The molecule has 8 heteroatoms. The largest absolute Gasteiger partial charge is 0.495 e. The van der Waals surface area contributed by atoms with Crippen LogP contribution in [0.25, 0.3) is 0 Å². The van der Waals surface area contributed by atoms with Crippen molar-refractivity contribution in [2.45, 2.75) is 43.2 Å². The molecule has 160 valence electrons. The maximum atomic E-state index is 12.8. The summed E-state index contributed by atoms with van der Waals surface area (Å²) in [7, 11) is -2.16. The minimum atomic E-state index is -3.60. The van der Waals surface area contributed by atoms with E-state index in [2.05, 4.69) is 16.0 Å². The van der Waals surface area contributed by atoms with Crippen molar-refractivity contribution in [3.05, 3.63) is 48.2 Å². The van der Waals surface area contributed by atoms with Crippen LogP contribution < -0.4 is 9.64 Å². The molecule has 2 atom stereocenters. The fraction of sp³-hybridized carbons (Fsp3) is 0.455. The Hall–Kier alpha value is -2.61. The number of fused-ring (bicyclic) bond motifs is 2. The van der Waals surface area contributed by atoms with Crippen LogP contribution in [0.5, 0.6) is 5.75 Å². The third kappa shape index (κ3) is 4.01. The summed E-state index contributed by atoms with van der Waals surface area (Å²) >= 11 is 0. The Bertz CT molecular complexity index is 1010. The Morgan fingerprint density at radius 1 is 1.13 bits per heavy atom. The number of hydrogen-bond acceptors (Lipinski definition) is 6. The number of likely N-dealkylation sites (tertiary alicyclic amines) is 1. The number of piperazine rings is 1. The highest BCUT2D eigenvalue weighted by Gasteiger charge is 2.42.